The number of aryl methyl sites for hydroxylation is 3. The van der Waals surface area contributed by atoms with Crippen LogP contribution in [0, 0.1) is 13.8 Å². The Hall–Kier alpha value is -3.14. The average Bonchev–Trinajstić information content (AvgIpc) is 3.40. The number of carbonyl (C=O) groups excluding carboxylic acids is 1. The summed E-state index contributed by atoms with van der Waals surface area (Å²) < 4.78 is 31.9. The van der Waals surface area contributed by atoms with Crippen molar-refractivity contribution in [3.63, 3.8) is 0 Å². The van der Waals surface area contributed by atoms with E-state index >= 15 is 0 Å². The van der Waals surface area contributed by atoms with E-state index in [9.17, 15) is 13.2 Å². The first-order valence-electron chi connectivity index (χ1n) is 9.58. The van der Waals surface area contributed by atoms with Gasteiger partial charge in [0.05, 0.1) is 10.7 Å². The Balaban J connectivity index is 0.000000541. The van der Waals surface area contributed by atoms with Gasteiger partial charge in [-0.15, -0.1) is 0 Å². The lowest BCUT2D eigenvalue weighted by Gasteiger charge is -2.10. The zero-order valence-corrected chi connectivity index (χ0v) is 20.2. The lowest BCUT2D eigenvalue weighted by atomic mass is 10.0. The second-order valence-corrected chi connectivity index (χ2v) is 9.35. The van der Waals surface area contributed by atoms with Gasteiger partial charge < -0.3 is 4.18 Å². The van der Waals surface area contributed by atoms with Gasteiger partial charge >= 0.3 is 10.1 Å². The largest absolute Gasteiger partial charge is 0.358 e. The van der Waals surface area contributed by atoms with E-state index in [0.29, 0.717) is 10.7 Å². The second kappa shape index (κ2) is 10.2. The Kier molecular flexibility index (Phi) is 7.57. The molecule has 4 aromatic rings. The fourth-order valence-electron chi connectivity index (χ4n) is 2.87. The molecule has 1 N–H and O–H groups in total. The minimum atomic E-state index is -4.16. The molecule has 0 atom stereocenters. The minimum Gasteiger partial charge on any atom is -0.358 e. The van der Waals surface area contributed by atoms with Gasteiger partial charge in [-0.05, 0) is 50.2 Å². The van der Waals surface area contributed by atoms with E-state index in [4.69, 9.17) is 27.4 Å². The van der Waals surface area contributed by atoms with Gasteiger partial charge in [0.25, 0.3) is 0 Å². The van der Waals surface area contributed by atoms with Crippen molar-refractivity contribution in [3.8, 4) is 5.88 Å². The molecule has 0 saturated heterocycles. The Labute approximate surface area is 201 Å². The first-order chi connectivity index (χ1) is 15.6. The maximum absolute atomic E-state index is 13.0. The number of H-pyrrole nitrogens is 1. The summed E-state index contributed by atoms with van der Waals surface area (Å²) in [7, 11) is -2.67. The third kappa shape index (κ3) is 5.81. The van der Waals surface area contributed by atoms with Crippen LogP contribution in [-0.4, -0.2) is 34.2 Å². The van der Waals surface area contributed by atoms with E-state index < -0.39 is 15.9 Å². The highest BCUT2D eigenvalue weighted by Gasteiger charge is 2.28. The van der Waals surface area contributed by atoms with Crippen LogP contribution in [0.15, 0.2) is 65.8 Å². The van der Waals surface area contributed by atoms with Gasteiger partial charge in [0.15, 0.2) is 0 Å². The third-order valence-corrected chi connectivity index (χ3v) is 6.25. The molecule has 0 saturated carbocycles. The number of ketones is 1. The molecule has 0 fully saturated rings. The number of aromatic nitrogens is 4. The van der Waals surface area contributed by atoms with Crippen LogP contribution in [0.4, 0.5) is 0 Å². The van der Waals surface area contributed by atoms with Crippen LogP contribution in [0.2, 0.25) is 10.0 Å². The van der Waals surface area contributed by atoms with Crippen LogP contribution in [0.5, 0.6) is 5.88 Å². The molecular weight excluding hydrogens is 487 g/mol. The Morgan fingerprint density at radius 2 is 1.79 bits per heavy atom. The van der Waals surface area contributed by atoms with Crippen LogP contribution in [0.1, 0.15) is 27.2 Å². The number of nitrogens with zero attached hydrogens (tertiary/aromatic N) is 3. The molecule has 2 aromatic carbocycles. The molecule has 0 aliphatic heterocycles. The molecule has 2 heterocycles. The fraction of sp³-hybridized carbons (Fsp3) is 0.136. The predicted octanol–water partition coefficient (Wildman–Crippen LogP) is 4.75. The van der Waals surface area contributed by atoms with Crippen LogP contribution in [0.25, 0.3) is 0 Å². The number of hydrogen-bond acceptors (Lipinski definition) is 6. The highest BCUT2D eigenvalue weighted by molar-refractivity contribution is 7.87. The summed E-state index contributed by atoms with van der Waals surface area (Å²) in [6.07, 6.45) is 3.46. The van der Waals surface area contributed by atoms with Gasteiger partial charge in [-0.3, -0.25) is 9.89 Å². The highest BCUT2D eigenvalue weighted by Crippen LogP contribution is 2.31. The molecule has 11 heteroatoms. The molecule has 2 aromatic heterocycles. The van der Waals surface area contributed by atoms with Crippen molar-refractivity contribution in [2.45, 2.75) is 18.7 Å². The smallest absolute Gasteiger partial charge is 0.340 e. The van der Waals surface area contributed by atoms with E-state index in [1.807, 2.05) is 13.0 Å². The van der Waals surface area contributed by atoms with E-state index in [-0.39, 0.29) is 26.9 Å². The van der Waals surface area contributed by atoms with Crippen LogP contribution in [0.3, 0.4) is 0 Å². The maximum Gasteiger partial charge on any atom is 0.340 e. The molecule has 0 unspecified atom stereocenters. The number of benzene rings is 2. The van der Waals surface area contributed by atoms with Crippen molar-refractivity contribution in [1.82, 2.24) is 20.0 Å². The lowest BCUT2D eigenvalue weighted by molar-refractivity contribution is 0.103. The van der Waals surface area contributed by atoms with Crippen molar-refractivity contribution < 1.29 is 17.4 Å². The molecule has 0 amide bonds. The quantitative estimate of drug-likeness (QED) is 0.309. The molecule has 0 aliphatic rings. The summed E-state index contributed by atoms with van der Waals surface area (Å²) in [5.41, 5.74) is 1.40. The third-order valence-electron chi connectivity index (χ3n) is 4.48. The van der Waals surface area contributed by atoms with Crippen molar-refractivity contribution in [3.05, 3.63) is 93.4 Å². The number of aromatic amines is 1. The molecule has 8 nitrogen and oxygen atoms in total. The van der Waals surface area contributed by atoms with Gasteiger partial charge in [0.2, 0.25) is 11.7 Å². The molecule has 0 bridgehead atoms. The highest BCUT2D eigenvalue weighted by atomic mass is 35.5. The van der Waals surface area contributed by atoms with Crippen LogP contribution in [-0.2, 0) is 17.2 Å². The molecule has 33 heavy (non-hydrogen) atoms. The number of hydrogen-bond donors (Lipinski definition) is 1. The maximum atomic E-state index is 13.0. The van der Waals surface area contributed by atoms with E-state index in [2.05, 4.69) is 15.3 Å². The van der Waals surface area contributed by atoms with Crippen molar-refractivity contribution >= 4 is 39.1 Å². The fourth-order valence-corrected chi connectivity index (χ4v) is 4.33. The van der Waals surface area contributed by atoms with Crippen molar-refractivity contribution in [1.29, 1.82) is 0 Å². The Morgan fingerprint density at radius 3 is 2.33 bits per heavy atom. The van der Waals surface area contributed by atoms with E-state index in [1.54, 1.807) is 31.5 Å². The summed E-state index contributed by atoms with van der Waals surface area (Å²) in [6.45, 7) is 3.43. The average molecular weight is 507 g/mol. The predicted molar refractivity (Wildman–Crippen MR) is 125 cm³/mol. The molecule has 4 rings (SSSR count). The first-order valence-corrected chi connectivity index (χ1v) is 11.7. The number of rotatable bonds is 5. The zero-order valence-electron chi connectivity index (χ0n) is 17.9. The SMILES string of the molecule is Cc1ccc(S(=O)(=O)Oc2c(C(=O)c3ccc(Cl)cc3Cl)c(C)nn2C)cc1.c1cn[nH]c1. The standard InChI is InChI=1S/C19H16Cl2N2O4S.C3H4N2/c1-11-4-7-14(8-5-11)28(25,26)27-19-17(12(2)22-23(19)3)18(24)15-9-6-13(20)10-16(15)21;1-2-4-5-3-1/h4-10H,1-3H3;1-3H,(H,4,5). The number of nitrogens with one attached hydrogen (secondary N) is 1. The summed E-state index contributed by atoms with van der Waals surface area (Å²) >= 11 is 12.0. The first kappa shape index (κ1) is 24.5. The summed E-state index contributed by atoms with van der Waals surface area (Å²) in [5.74, 6) is -0.699. The molecule has 0 aliphatic carbocycles. The van der Waals surface area contributed by atoms with Gasteiger partial charge in [0.1, 0.15) is 10.5 Å². The Bertz CT molecular complexity index is 1350. The lowest BCUT2D eigenvalue weighted by Crippen LogP contribution is -2.15. The normalized spacial score (nSPS) is 10.9. The monoisotopic (exact) mass is 506 g/mol. The molecular formula is C22H20Cl2N4O4S. The van der Waals surface area contributed by atoms with Gasteiger partial charge in [-0.1, -0.05) is 40.9 Å². The topological polar surface area (TPSA) is 107 Å². The second-order valence-electron chi connectivity index (χ2n) is 6.96. The summed E-state index contributed by atoms with van der Waals surface area (Å²) in [6, 6.07) is 12.4. The zero-order chi connectivity index (χ0) is 24.2. The van der Waals surface area contributed by atoms with Gasteiger partial charge in [0, 0.05) is 30.0 Å². The summed E-state index contributed by atoms with van der Waals surface area (Å²) in [5, 5.41) is 10.9. The molecule has 172 valence electrons. The Morgan fingerprint density at radius 1 is 1.09 bits per heavy atom. The van der Waals surface area contributed by atoms with Crippen molar-refractivity contribution in [2.24, 2.45) is 7.05 Å². The molecule has 0 spiro atoms. The number of halogens is 2. The number of carbonyl (C=O) groups is 1. The molecule has 0 radical (unpaired) electrons. The van der Waals surface area contributed by atoms with Gasteiger partial charge in [-0.2, -0.15) is 18.6 Å². The van der Waals surface area contributed by atoms with Gasteiger partial charge in [-0.25, -0.2) is 4.68 Å². The minimum absolute atomic E-state index is 0.0161. The van der Waals surface area contributed by atoms with Crippen LogP contribution < -0.4 is 4.18 Å². The summed E-state index contributed by atoms with van der Waals surface area (Å²) in [4.78, 5) is 13.0. The van der Waals surface area contributed by atoms with Crippen molar-refractivity contribution in [2.75, 3.05) is 0 Å². The van der Waals surface area contributed by atoms with E-state index in [1.165, 1.54) is 42.1 Å². The van der Waals surface area contributed by atoms with E-state index in [0.717, 1.165) is 5.56 Å². The van der Waals surface area contributed by atoms with Crippen LogP contribution >= 0.6 is 23.2 Å².